The number of hydrogen-bond acceptors (Lipinski definition) is 6. The smallest absolute Gasteiger partial charge is 0.223 e. The van der Waals surface area contributed by atoms with E-state index in [1.54, 1.807) is 11.8 Å². The molecule has 1 saturated heterocycles. The van der Waals surface area contributed by atoms with Gasteiger partial charge in [0, 0.05) is 25.6 Å². The molecular formula is C19H28N6OS. The molecule has 1 amide bonds. The predicted octanol–water partition coefficient (Wildman–Crippen LogP) is 2.84. The van der Waals surface area contributed by atoms with Gasteiger partial charge in [0.2, 0.25) is 5.91 Å². The van der Waals surface area contributed by atoms with Crippen molar-refractivity contribution in [2.75, 3.05) is 30.3 Å². The van der Waals surface area contributed by atoms with Crippen LogP contribution in [0.4, 0.5) is 5.82 Å². The van der Waals surface area contributed by atoms with Crippen LogP contribution in [0.15, 0.2) is 11.4 Å². The Hall–Kier alpha value is -1.83. The molecule has 3 heterocycles. The Kier molecular flexibility index (Phi) is 5.80. The molecule has 0 atom stereocenters. The Bertz CT molecular complexity index is 795. The topological polar surface area (TPSA) is 75.9 Å². The number of aromatic nitrogens is 4. The molecule has 2 aromatic heterocycles. The summed E-state index contributed by atoms with van der Waals surface area (Å²) in [6.07, 6.45) is 8.71. The van der Waals surface area contributed by atoms with Crippen molar-refractivity contribution in [1.29, 1.82) is 0 Å². The fraction of sp³-hybridized carbons (Fsp3) is 0.684. The molecule has 7 nitrogen and oxygen atoms in total. The summed E-state index contributed by atoms with van der Waals surface area (Å²) in [5.41, 5.74) is 0.873. The third-order valence-corrected chi connectivity index (χ3v) is 6.21. The summed E-state index contributed by atoms with van der Waals surface area (Å²) in [5, 5.41) is 9.45. The summed E-state index contributed by atoms with van der Waals surface area (Å²) in [6, 6.07) is 0. The lowest BCUT2D eigenvalue weighted by atomic mass is 10.1. The molecule has 8 heteroatoms. The van der Waals surface area contributed by atoms with Crippen molar-refractivity contribution < 1.29 is 4.79 Å². The minimum atomic E-state index is 0.193. The van der Waals surface area contributed by atoms with Gasteiger partial charge in [-0.2, -0.15) is 5.10 Å². The van der Waals surface area contributed by atoms with E-state index in [1.807, 2.05) is 10.9 Å². The van der Waals surface area contributed by atoms with Crippen molar-refractivity contribution >= 4 is 34.5 Å². The largest absolute Gasteiger partial charge is 0.356 e. The lowest BCUT2D eigenvalue weighted by Gasteiger charge is -2.18. The second-order valence-electron chi connectivity index (χ2n) is 7.33. The van der Waals surface area contributed by atoms with Crippen molar-refractivity contribution in [3.8, 4) is 0 Å². The van der Waals surface area contributed by atoms with Crippen LogP contribution in [0.1, 0.15) is 45.4 Å². The SMILES string of the molecule is CCSc1nc(N2CCCC2)c2cnn(CCNC(=O)C3CCCC3)c2n1. The molecule has 1 aliphatic heterocycles. The van der Waals surface area contributed by atoms with E-state index < -0.39 is 0 Å². The minimum Gasteiger partial charge on any atom is -0.356 e. The molecule has 1 aliphatic carbocycles. The van der Waals surface area contributed by atoms with Gasteiger partial charge in [0.15, 0.2) is 10.8 Å². The van der Waals surface area contributed by atoms with Gasteiger partial charge < -0.3 is 10.2 Å². The molecule has 1 N–H and O–H groups in total. The van der Waals surface area contributed by atoms with Gasteiger partial charge in [-0.15, -0.1) is 0 Å². The van der Waals surface area contributed by atoms with Crippen LogP contribution in [0.5, 0.6) is 0 Å². The van der Waals surface area contributed by atoms with Crippen molar-refractivity contribution in [3.63, 3.8) is 0 Å². The first-order valence-corrected chi connectivity index (χ1v) is 11.1. The van der Waals surface area contributed by atoms with Gasteiger partial charge in [-0.3, -0.25) is 4.79 Å². The molecule has 146 valence electrons. The van der Waals surface area contributed by atoms with Gasteiger partial charge in [-0.05, 0) is 31.4 Å². The summed E-state index contributed by atoms with van der Waals surface area (Å²) in [5.74, 6) is 2.35. The monoisotopic (exact) mass is 388 g/mol. The highest BCUT2D eigenvalue weighted by molar-refractivity contribution is 7.99. The van der Waals surface area contributed by atoms with Crippen molar-refractivity contribution in [2.45, 2.75) is 57.1 Å². The first kappa shape index (κ1) is 18.5. The zero-order chi connectivity index (χ0) is 18.6. The maximum atomic E-state index is 12.2. The zero-order valence-electron chi connectivity index (χ0n) is 16.0. The van der Waals surface area contributed by atoms with Crippen LogP contribution in [-0.2, 0) is 11.3 Å². The van der Waals surface area contributed by atoms with E-state index in [1.165, 1.54) is 25.7 Å². The van der Waals surface area contributed by atoms with E-state index in [2.05, 4.69) is 22.2 Å². The van der Waals surface area contributed by atoms with E-state index in [0.29, 0.717) is 13.1 Å². The molecule has 27 heavy (non-hydrogen) atoms. The van der Waals surface area contributed by atoms with E-state index in [4.69, 9.17) is 9.97 Å². The van der Waals surface area contributed by atoms with Crippen LogP contribution in [0, 0.1) is 5.92 Å². The number of nitrogens with one attached hydrogen (secondary N) is 1. The Morgan fingerprint density at radius 1 is 1.22 bits per heavy atom. The number of hydrogen-bond donors (Lipinski definition) is 1. The summed E-state index contributed by atoms with van der Waals surface area (Å²) < 4.78 is 1.91. The van der Waals surface area contributed by atoms with E-state index >= 15 is 0 Å². The second-order valence-corrected chi connectivity index (χ2v) is 8.57. The number of nitrogens with zero attached hydrogens (tertiary/aromatic N) is 5. The van der Waals surface area contributed by atoms with E-state index in [-0.39, 0.29) is 11.8 Å². The van der Waals surface area contributed by atoms with Gasteiger partial charge in [0.05, 0.1) is 18.1 Å². The molecule has 0 bridgehead atoms. The van der Waals surface area contributed by atoms with Crippen LogP contribution < -0.4 is 10.2 Å². The van der Waals surface area contributed by atoms with Crippen LogP contribution in [0.2, 0.25) is 0 Å². The van der Waals surface area contributed by atoms with Crippen LogP contribution in [0.25, 0.3) is 11.0 Å². The normalized spacial score (nSPS) is 17.9. The Labute approximate surface area is 164 Å². The molecular weight excluding hydrogens is 360 g/mol. The third kappa shape index (κ3) is 4.05. The molecule has 1 saturated carbocycles. The van der Waals surface area contributed by atoms with Crippen LogP contribution in [0.3, 0.4) is 0 Å². The molecule has 2 aliphatic rings. The molecule has 2 fully saturated rings. The molecule has 0 spiro atoms. The van der Waals surface area contributed by atoms with Gasteiger partial charge in [-0.25, -0.2) is 14.6 Å². The van der Waals surface area contributed by atoms with Gasteiger partial charge >= 0.3 is 0 Å². The number of anilines is 1. The molecule has 0 aromatic carbocycles. The first-order valence-electron chi connectivity index (χ1n) is 10.1. The lowest BCUT2D eigenvalue weighted by Crippen LogP contribution is -2.32. The summed E-state index contributed by atoms with van der Waals surface area (Å²) in [4.78, 5) is 24.1. The fourth-order valence-corrected chi connectivity index (χ4v) is 4.63. The average molecular weight is 389 g/mol. The lowest BCUT2D eigenvalue weighted by molar-refractivity contribution is -0.124. The second kappa shape index (κ2) is 8.46. The quantitative estimate of drug-likeness (QED) is 0.581. The maximum Gasteiger partial charge on any atom is 0.223 e. The zero-order valence-corrected chi connectivity index (χ0v) is 16.8. The predicted molar refractivity (Wildman–Crippen MR) is 108 cm³/mol. The highest BCUT2D eigenvalue weighted by atomic mass is 32.2. The van der Waals surface area contributed by atoms with Crippen molar-refractivity contribution in [1.82, 2.24) is 25.1 Å². The number of amides is 1. The molecule has 0 unspecified atom stereocenters. The van der Waals surface area contributed by atoms with Gasteiger partial charge in [0.1, 0.15) is 5.82 Å². The number of carbonyl (C=O) groups excluding carboxylic acids is 1. The molecule has 0 radical (unpaired) electrons. The summed E-state index contributed by atoms with van der Waals surface area (Å²) >= 11 is 1.66. The van der Waals surface area contributed by atoms with Crippen molar-refractivity contribution in [3.05, 3.63) is 6.20 Å². The summed E-state index contributed by atoms with van der Waals surface area (Å²) in [6.45, 7) is 5.43. The standard InChI is InChI=1S/C19H28N6OS/c1-2-27-19-22-16(24-10-5-6-11-24)15-13-21-25(17(15)23-19)12-9-20-18(26)14-7-3-4-8-14/h13-14H,2-12H2,1H3,(H,20,26). The number of fused-ring (bicyclic) bond motifs is 1. The Morgan fingerprint density at radius 3 is 2.74 bits per heavy atom. The highest BCUT2D eigenvalue weighted by Gasteiger charge is 2.23. The molecule has 2 aromatic rings. The van der Waals surface area contributed by atoms with E-state index in [9.17, 15) is 4.79 Å². The van der Waals surface area contributed by atoms with Crippen molar-refractivity contribution in [2.24, 2.45) is 5.92 Å². The van der Waals surface area contributed by atoms with Crippen LogP contribution >= 0.6 is 11.8 Å². The number of rotatable bonds is 7. The fourth-order valence-electron chi connectivity index (χ4n) is 4.07. The summed E-state index contributed by atoms with van der Waals surface area (Å²) in [7, 11) is 0. The van der Waals surface area contributed by atoms with Gasteiger partial charge in [-0.1, -0.05) is 31.5 Å². The average Bonchev–Trinajstić information content (AvgIpc) is 3.43. The molecule has 4 rings (SSSR count). The Morgan fingerprint density at radius 2 is 2.00 bits per heavy atom. The Balaban J connectivity index is 1.51. The number of carbonyl (C=O) groups is 1. The number of thioether (sulfide) groups is 1. The van der Waals surface area contributed by atoms with Gasteiger partial charge in [0.25, 0.3) is 0 Å². The van der Waals surface area contributed by atoms with Crippen LogP contribution in [-0.4, -0.2) is 51.0 Å². The van der Waals surface area contributed by atoms with E-state index in [0.717, 1.165) is 53.7 Å². The first-order chi connectivity index (χ1) is 13.3. The third-order valence-electron chi connectivity index (χ3n) is 5.48. The maximum absolute atomic E-state index is 12.2. The minimum absolute atomic E-state index is 0.193. The highest BCUT2D eigenvalue weighted by Crippen LogP contribution is 2.29.